The molecular formula is C16H29IN4O2. The zero-order valence-corrected chi connectivity index (χ0v) is 16.5. The van der Waals surface area contributed by atoms with Gasteiger partial charge in [0.1, 0.15) is 0 Å². The predicted octanol–water partition coefficient (Wildman–Crippen LogP) is 1.52. The van der Waals surface area contributed by atoms with Gasteiger partial charge in [-0.1, -0.05) is 11.6 Å². The summed E-state index contributed by atoms with van der Waals surface area (Å²) in [5.74, 6) is 1.08. The van der Waals surface area contributed by atoms with Gasteiger partial charge in [-0.05, 0) is 26.2 Å². The molecule has 1 unspecified atom stereocenters. The lowest BCUT2D eigenvalue weighted by Crippen LogP contribution is -2.51. The van der Waals surface area contributed by atoms with Crippen molar-refractivity contribution < 1.29 is 9.53 Å². The molecule has 1 amide bonds. The van der Waals surface area contributed by atoms with Crippen LogP contribution in [0.3, 0.4) is 0 Å². The summed E-state index contributed by atoms with van der Waals surface area (Å²) in [6, 6.07) is 0.280. The van der Waals surface area contributed by atoms with E-state index in [1.165, 1.54) is 5.57 Å². The average Bonchev–Trinajstić information content (AvgIpc) is 2.52. The first-order chi connectivity index (χ1) is 10.7. The van der Waals surface area contributed by atoms with Crippen molar-refractivity contribution in [3.63, 3.8) is 0 Å². The molecule has 2 N–H and O–H groups in total. The number of piperidine rings is 1. The van der Waals surface area contributed by atoms with Crippen LogP contribution in [-0.2, 0) is 9.53 Å². The van der Waals surface area contributed by atoms with E-state index in [2.05, 4.69) is 28.6 Å². The van der Waals surface area contributed by atoms with E-state index in [-0.39, 0.29) is 35.9 Å². The Bertz CT molecular complexity index is 440. The number of guanidine groups is 1. The smallest absolute Gasteiger partial charge is 0.222 e. The molecule has 0 aromatic heterocycles. The van der Waals surface area contributed by atoms with Gasteiger partial charge < -0.3 is 20.3 Å². The second-order valence-electron chi connectivity index (χ2n) is 5.85. The van der Waals surface area contributed by atoms with Crippen LogP contribution in [0.25, 0.3) is 0 Å². The topological polar surface area (TPSA) is 66.0 Å². The van der Waals surface area contributed by atoms with Gasteiger partial charge in [0.25, 0.3) is 0 Å². The van der Waals surface area contributed by atoms with Gasteiger partial charge in [0, 0.05) is 39.1 Å². The number of halogens is 1. The summed E-state index contributed by atoms with van der Waals surface area (Å²) in [4.78, 5) is 18.0. The molecule has 2 rings (SSSR count). The molecule has 23 heavy (non-hydrogen) atoms. The van der Waals surface area contributed by atoms with Gasteiger partial charge in [0.15, 0.2) is 5.96 Å². The second kappa shape index (κ2) is 10.9. The molecule has 0 aromatic carbocycles. The number of aliphatic imine (C=N–C) groups is 1. The number of hydrogen-bond donors (Lipinski definition) is 2. The molecule has 132 valence electrons. The molecule has 0 saturated carbocycles. The van der Waals surface area contributed by atoms with E-state index < -0.39 is 0 Å². The summed E-state index contributed by atoms with van der Waals surface area (Å²) in [5.41, 5.74) is 1.44. The standard InChI is InChI=1S/C16H28N4O2.HI/c1-3-17-16(18-9-6-13-7-10-22-11-8-13)19-14-4-5-15(21)20(2)12-14;/h7,14H,3-6,8-12H2,1-2H3,(H2,17,18,19);1H. The van der Waals surface area contributed by atoms with E-state index in [0.717, 1.165) is 58.1 Å². The van der Waals surface area contributed by atoms with Gasteiger partial charge in [-0.25, -0.2) is 0 Å². The minimum Gasteiger partial charge on any atom is -0.377 e. The summed E-state index contributed by atoms with van der Waals surface area (Å²) < 4.78 is 5.32. The average molecular weight is 436 g/mol. The second-order valence-corrected chi connectivity index (χ2v) is 5.85. The Balaban J connectivity index is 0.00000264. The highest BCUT2D eigenvalue weighted by Crippen LogP contribution is 2.12. The fourth-order valence-electron chi connectivity index (χ4n) is 2.75. The van der Waals surface area contributed by atoms with Gasteiger partial charge in [0.05, 0.1) is 13.2 Å². The van der Waals surface area contributed by atoms with Crippen LogP contribution in [0.5, 0.6) is 0 Å². The number of amides is 1. The summed E-state index contributed by atoms with van der Waals surface area (Å²) in [7, 11) is 1.86. The Kier molecular flexibility index (Phi) is 9.54. The normalized spacial score (nSPS) is 22.3. The first-order valence-electron chi connectivity index (χ1n) is 8.23. The molecule has 0 bridgehead atoms. The third-order valence-electron chi connectivity index (χ3n) is 4.07. The quantitative estimate of drug-likeness (QED) is 0.297. The number of nitrogens with zero attached hydrogens (tertiary/aromatic N) is 2. The zero-order chi connectivity index (χ0) is 15.8. The van der Waals surface area contributed by atoms with Crippen molar-refractivity contribution in [1.29, 1.82) is 0 Å². The largest absolute Gasteiger partial charge is 0.377 e. The fraction of sp³-hybridized carbons (Fsp3) is 0.750. The van der Waals surface area contributed by atoms with Crippen LogP contribution in [0, 0.1) is 0 Å². The Morgan fingerprint density at radius 1 is 1.48 bits per heavy atom. The van der Waals surface area contributed by atoms with Crippen LogP contribution in [0.15, 0.2) is 16.6 Å². The molecule has 0 spiro atoms. The van der Waals surface area contributed by atoms with Crippen LogP contribution in [0.4, 0.5) is 0 Å². The van der Waals surface area contributed by atoms with E-state index in [4.69, 9.17) is 4.74 Å². The van der Waals surface area contributed by atoms with E-state index in [0.29, 0.717) is 6.42 Å². The van der Waals surface area contributed by atoms with Crippen molar-refractivity contribution in [3.8, 4) is 0 Å². The number of carbonyl (C=O) groups excluding carboxylic acids is 1. The van der Waals surface area contributed by atoms with Crippen LogP contribution in [-0.4, -0.2) is 62.7 Å². The minimum atomic E-state index is 0. The Morgan fingerprint density at radius 2 is 2.30 bits per heavy atom. The van der Waals surface area contributed by atoms with Crippen molar-refractivity contribution in [3.05, 3.63) is 11.6 Å². The maximum atomic E-state index is 11.5. The van der Waals surface area contributed by atoms with Crippen molar-refractivity contribution in [2.45, 2.75) is 38.6 Å². The van der Waals surface area contributed by atoms with Gasteiger partial charge in [-0.3, -0.25) is 9.79 Å². The molecule has 6 nitrogen and oxygen atoms in total. The summed E-state index contributed by atoms with van der Waals surface area (Å²) in [6.45, 7) is 5.99. The highest BCUT2D eigenvalue weighted by molar-refractivity contribution is 14.0. The highest BCUT2D eigenvalue weighted by Gasteiger charge is 2.23. The van der Waals surface area contributed by atoms with E-state index in [1.54, 1.807) is 4.90 Å². The number of nitrogens with one attached hydrogen (secondary N) is 2. The summed E-state index contributed by atoms with van der Waals surface area (Å²) in [6.07, 6.45) is 5.66. The number of carbonyl (C=O) groups is 1. The fourth-order valence-corrected chi connectivity index (χ4v) is 2.75. The first kappa shape index (κ1) is 20.2. The Hall–Kier alpha value is -0.830. The summed E-state index contributed by atoms with van der Waals surface area (Å²) in [5, 5.41) is 6.73. The number of hydrogen-bond acceptors (Lipinski definition) is 3. The lowest BCUT2D eigenvalue weighted by atomic mass is 10.1. The minimum absolute atomic E-state index is 0. The van der Waals surface area contributed by atoms with Gasteiger partial charge in [-0.15, -0.1) is 24.0 Å². The molecule has 2 aliphatic heterocycles. The Labute approximate surface area is 156 Å². The maximum absolute atomic E-state index is 11.5. The Morgan fingerprint density at radius 3 is 2.96 bits per heavy atom. The number of likely N-dealkylation sites (tertiary alicyclic amines) is 1. The molecule has 0 radical (unpaired) electrons. The molecule has 2 heterocycles. The van der Waals surface area contributed by atoms with E-state index >= 15 is 0 Å². The third kappa shape index (κ3) is 7.07. The molecule has 1 saturated heterocycles. The highest BCUT2D eigenvalue weighted by atomic mass is 127. The van der Waals surface area contributed by atoms with Crippen LogP contribution in [0.2, 0.25) is 0 Å². The number of likely N-dealkylation sites (N-methyl/N-ethyl adjacent to an activating group) is 1. The zero-order valence-electron chi connectivity index (χ0n) is 14.1. The molecule has 1 fully saturated rings. The van der Waals surface area contributed by atoms with E-state index in [1.807, 2.05) is 7.05 Å². The van der Waals surface area contributed by atoms with E-state index in [9.17, 15) is 4.79 Å². The van der Waals surface area contributed by atoms with Gasteiger partial charge in [0.2, 0.25) is 5.91 Å². The number of rotatable bonds is 5. The third-order valence-corrected chi connectivity index (χ3v) is 4.07. The SMILES string of the molecule is CCNC(=NCCC1=CCOCC1)NC1CCC(=O)N(C)C1.I. The van der Waals surface area contributed by atoms with Gasteiger partial charge in [-0.2, -0.15) is 0 Å². The monoisotopic (exact) mass is 436 g/mol. The molecular weight excluding hydrogens is 407 g/mol. The van der Waals surface area contributed by atoms with Gasteiger partial charge >= 0.3 is 0 Å². The maximum Gasteiger partial charge on any atom is 0.222 e. The van der Waals surface area contributed by atoms with Crippen molar-refractivity contribution >= 4 is 35.8 Å². The lowest BCUT2D eigenvalue weighted by Gasteiger charge is -2.31. The molecule has 2 aliphatic rings. The van der Waals surface area contributed by atoms with Crippen molar-refractivity contribution in [2.75, 3.05) is 39.9 Å². The first-order valence-corrected chi connectivity index (χ1v) is 8.23. The molecule has 7 heteroatoms. The summed E-state index contributed by atoms with van der Waals surface area (Å²) >= 11 is 0. The van der Waals surface area contributed by atoms with Crippen LogP contribution < -0.4 is 10.6 Å². The lowest BCUT2D eigenvalue weighted by molar-refractivity contribution is -0.132. The van der Waals surface area contributed by atoms with Crippen LogP contribution >= 0.6 is 24.0 Å². The number of ether oxygens (including phenoxy) is 1. The van der Waals surface area contributed by atoms with Crippen molar-refractivity contribution in [1.82, 2.24) is 15.5 Å². The molecule has 0 aliphatic carbocycles. The van der Waals surface area contributed by atoms with Crippen LogP contribution in [0.1, 0.15) is 32.6 Å². The van der Waals surface area contributed by atoms with Crippen molar-refractivity contribution in [2.24, 2.45) is 4.99 Å². The molecule has 0 aromatic rings. The predicted molar refractivity (Wildman–Crippen MR) is 103 cm³/mol. The molecule has 1 atom stereocenters.